The third-order valence-corrected chi connectivity index (χ3v) is 4.96. The molecule has 0 heterocycles. The van der Waals surface area contributed by atoms with Crippen molar-refractivity contribution in [2.24, 2.45) is 5.84 Å². The van der Waals surface area contributed by atoms with Crippen molar-refractivity contribution in [2.75, 3.05) is 19.0 Å². The summed E-state index contributed by atoms with van der Waals surface area (Å²) >= 11 is 6.03. The molecule has 3 rings (SSSR count). The van der Waals surface area contributed by atoms with E-state index in [1.165, 1.54) is 0 Å². The minimum absolute atomic E-state index is 0.00937. The summed E-state index contributed by atoms with van der Waals surface area (Å²) in [5.41, 5.74) is 4.88. The van der Waals surface area contributed by atoms with Gasteiger partial charge in [0.1, 0.15) is 5.75 Å². The second-order valence-corrected chi connectivity index (χ2v) is 7.14. The maximum Gasteiger partial charge on any atom is 0.255 e. The normalized spacial score (nSPS) is 11.5. The average Bonchev–Trinajstić information content (AvgIpc) is 2.81. The van der Waals surface area contributed by atoms with Gasteiger partial charge in [0.15, 0.2) is 0 Å². The summed E-state index contributed by atoms with van der Waals surface area (Å²) in [4.78, 5) is 24.5. The number of carbonyl (C=O) groups excluding carboxylic acids is 2. The molecule has 0 aliphatic carbocycles. The van der Waals surface area contributed by atoms with Crippen LogP contribution < -0.4 is 26.6 Å². The number of rotatable bonds is 8. The lowest BCUT2D eigenvalue weighted by Crippen LogP contribution is -2.39. The number of nitrogens with one attached hydrogen (secondary N) is 3. The molecule has 5 N–H and O–H groups in total. The molecule has 0 spiro atoms. The van der Waals surface area contributed by atoms with Gasteiger partial charge in [-0.15, -0.1) is 0 Å². The topological polar surface area (TPSA) is 105 Å². The molecule has 3 aromatic rings. The van der Waals surface area contributed by atoms with Crippen molar-refractivity contribution in [1.29, 1.82) is 0 Å². The van der Waals surface area contributed by atoms with Crippen LogP contribution in [0.25, 0.3) is 0 Å². The summed E-state index contributed by atoms with van der Waals surface area (Å²) in [7, 11) is 1.57. The average molecular weight is 439 g/mol. The lowest BCUT2D eigenvalue weighted by Gasteiger charge is -2.22. The molecule has 0 aliphatic rings. The van der Waals surface area contributed by atoms with E-state index in [1.54, 1.807) is 43.5 Å². The van der Waals surface area contributed by atoms with Crippen LogP contribution in [0, 0.1) is 0 Å². The van der Waals surface area contributed by atoms with Crippen molar-refractivity contribution in [3.05, 3.63) is 94.5 Å². The van der Waals surface area contributed by atoms with Crippen LogP contribution in [0.3, 0.4) is 0 Å². The van der Waals surface area contributed by atoms with Crippen LogP contribution >= 0.6 is 11.6 Å². The molecule has 0 saturated heterocycles. The highest BCUT2D eigenvalue weighted by Gasteiger charge is 2.19. The SMILES string of the molecule is COc1ccc(C(=O)Nc2ccccc2[C@@H](NCC(=O)NN)c2ccc(Cl)cc2)cc1. The second-order valence-electron chi connectivity index (χ2n) is 6.70. The van der Waals surface area contributed by atoms with E-state index >= 15 is 0 Å². The fourth-order valence-electron chi connectivity index (χ4n) is 3.11. The molecule has 0 bridgehead atoms. The van der Waals surface area contributed by atoms with Gasteiger partial charge in [-0.05, 0) is 53.6 Å². The van der Waals surface area contributed by atoms with Gasteiger partial charge in [-0.3, -0.25) is 20.3 Å². The van der Waals surface area contributed by atoms with Crippen molar-refractivity contribution in [3.8, 4) is 5.75 Å². The van der Waals surface area contributed by atoms with E-state index in [-0.39, 0.29) is 24.4 Å². The highest BCUT2D eigenvalue weighted by atomic mass is 35.5. The summed E-state index contributed by atoms with van der Waals surface area (Å²) in [6, 6.07) is 21.1. The number of methoxy groups -OCH3 is 1. The van der Waals surface area contributed by atoms with Crippen LogP contribution in [0.2, 0.25) is 5.02 Å². The highest BCUT2D eigenvalue weighted by molar-refractivity contribution is 6.30. The summed E-state index contributed by atoms with van der Waals surface area (Å²) in [5, 5.41) is 6.74. The van der Waals surface area contributed by atoms with Gasteiger partial charge < -0.3 is 10.1 Å². The Morgan fingerprint density at radius 1 is 1.00 bits per heavy atom. The van der Waals surface area contributed by atoms with Crippen molar-refractivity contribution >= 4 is 29.1 Å². The van der Waals surface area contributed by atoms with Gasteiger partial charge in [0.25, 0.3) is 5.91 Å². The maximum atomic E-state index is 12.8. The number of benzene rings is 3. The molecule has 0 saturated carbocycles. The fraction of sp³-hybridized carbons (Fsp3) is 0.130. The number of nitrogens with two attached hydrogens (primary N) is 1. The number of hydrogen-bond donors (Lipinski definition) is 4. The van der Waals surface area contributed by atoms with Gasteiger partial charge in [0.2, 0.25) is 5.91 Å². The van der Waals surface area contributed by atoms with Gasteiger partial charge in [0.05, 0.1) is 19.7 Å². The predicted octanol–water partition coefficient (Wildman–Crippen LogP) is 3.27. The van der Waals surface area contributed by atoms with Gasteiger partial charge in [-0.25, -0.2) is 5.84 Å². The van der Waals surface area contributed by atoms with Crippen LogP contribution in [0.5, 0.6) is 5.75 Å². The maximum absolute atomic E-state index is 12.8. The summed E-state index contributed by atoms with van der Waals surface area (Å²) < 4.78 is 5.14. The van der Waals surface area contributed by atoms with Crippen LogP contribution in [0.15, 0.2) is 72.8 Å². The van der Waals surface area contributed by atoms with Crippen LogP contribution in [0.1, 0.15) is 27.5 Å². The molecule has 7 nitrogen and oxygen atoms in total. The molecule has 2 amide bonds. The molecule has 0 radical (unpaired) electrons. The zero-order chi connectivity index (χ0) is 22.2. The van der Waals surface area contributed by atoms with Crippen LogP contribution in [-0.2, 0) is 4.79 Å². The lowest BCUT2D eigenvalue weighted by atomic mass is 9.96. The number of amides is 2. The Balaban J connectivity index is 1.91. The summed E-state index contributed by atoms with van der Waals surface area (Å²) in [6.45, 7) is -0.00937. The zero-order valence-corrected chi connectivity index (χ0v) is 17.6. The largest absolute Gasteiger partial charge is 0.497 e. The number of halogens is 1. The van der Waals surface area contributed by atoms with Gasteiger partial charge in [-0.2, -0.15) is 0 Å². The number of hydrazine groups is 1. The smallest absolute Gasteiger partial charge is 0.255 e. The molecule has 3 aromatic carbocycles. The number of hydrogen-bond acceptors (Lipinski definition) is 5. The fourth-order valence-corrected chi connectivity index (χ4v) is 3.23. The van der Waals surface area contributed by atoms with E-state index in [0.717, 1.165) is 11.1 Å². The Morgan fingerprint density at radius 2 is 1.68 bits per heavy atom. The molecule has 160 valence electrons. The highest BCUT2D eigenvalue weighted by Crippen LogP contribution is 2.29. The molecule has 0 unspecified atom stereocenters. The number of ether oxygens (including phenoxy) is 1. The van der Waals surface area contributed by atoms with Crippen LogP contribution in [-0.4, -0.2) is 25.5 Å². The number of para-hydroxylation sites is 1. The first-order valence-corrected chi connectivity index (χ1v) is 9.92. The molecule has 0 aromatic heterocycles. The van der Waals surface area contributed by atoms with Crippen molar-refractivity contribution in [3.63, 3.8) is 0 Å². The van der Waals surface area contributed by atoms with Crippen molar-refractivity contribution in [1.82, 2.24) is 10.7 Å². The van der Waals surface area contributed by atoms with Gasteiger partial charge in [-0.1, -0.05) is 41.9 Å². The third kappa shape index (κ3) is 5.82. The van der Waals surface area contributed by atoms with E-state index in [4.69, 9.17) is 22.2 Å². The molecular weight excluding hydrogens is 416 g/mol. The van der Waals surface area contributed by atoms with E-state index in [2.05, 4.69) is 16.1 Å². The van der Waals surface area contributed by atoms with E-state index < -0.39 is 0 Å². The Bertz CT molecular complexity index is 1040. The van der Waals surface area contributed by atoms with Crippen LogP contribution in [0.4, 0.5) is 5.69 Å². The van der Waals surface area contributed by atoms with E-state index in [1.807, 2.05) is 36.4 Å². The molecule has 0 aliphatic heterocycles. The first-order chi connectivity index (χ1) is 15.0. The van der Waals surface area contributed by atoms with E-state index in [0.29, 0.717) is 22.0 Å². The Labute approximate surface area is 185 Å². The number of carbonyl (C=O) groups is 2. The minimum Gasteiger partial charge on any atom is -0.497 e. The second kappa shape index (κ2) is 10.6. The molecule has 8 heteroatoms. The Hall–Kier alpha value is -3.39. The predicted molar refractivity (Wildman–Crippen MR) is 121 cm³/mol. The third-order valence-electron chi connectivity index (χ3n) is 4.70. The summed E-state index contributed by atoms with van der Waals surface area (Å²) in [5.74, 6) is 5.26. The summed E-state index contributed by atoms with van der Waals surface area (Å²) in [6.07, 6.45) is 0. The van der Waals surface area contributed by atoms with E-state index in [9.17, 15) is 9.59 Å². The van der Waals surface area contributed by atoms with Crippen molar-refractivity contribution < 1.29 is 14.3 Å². The lowest BCUT2D eigenvalue weighted by molar-refractivity contribution is -0.120. The molecule has 1 atom stereocenters. The molecule has 31 heavy (non-hydrogen) atoms. The minimum atomic E-state index is -0.387. The van der Waals surface area contributed by atoms with Gasteiger partial charge in [0, 0.05) is 16.3 Å². The van der Waals surface area contributed by atoms with Gasteiger partial charge >= 0.3 is 0 Å². The molecule has 0 fully saturated rings. The first-order valence-electron chi connectivity index (χ1n) is 9.54. The zero-order valence-electron chi connectivity index (χ0n) is 16.9. The quantitative estimate of drug-likeness (QED) is 0.245. The first kappa shape index (κ1) is 22.3. The molecular formula is C23H23ClN4O3. The van der Waals surface area contributed by atoms with Crippen molar-refractivity contribution in [2.45, 2.75) is 6.04 Å². The standard InChI is InChI=1S/C23H23ClN4O3/c1-31-18-12-8-16(9-13-18)23(30)27-20-5-3-2-4-19(20)22(26-14-21(29)28-25)15-6-10-17(24)11-7-15/h2-13,22,26H,14,25H2,1H3,(H,27,30)(H,28,29)/t22-/m0/s1. The number of anilines is 1. The Kier molecular flexibility index (Phi) is 7.61. The Morgan fingerprint density at radius 3 is 2.32 bits per heavy atom. The monoisotopic (exact) mass is 438 g/mol.